The molecule has 4 aromatic rings. The van der Waals surface area contributed by atoms with Gasteiger partial charge < -0.3 is 10.4 Å². The maximum atomic E-state index is 13.1. The molecule has 3 heterocycles. The Morgan fingerprint density at radius 2 is 1.81 bits per heavy atom. The number of amides is 1. The Labute approximate surface area is 180 Å². The van der Waals surface area contributed by atoms with E-state index >= 15 is 0 Å². The highest BCUT2D eigenvalue weighted by Crippen LogP contribution is 2.25. The van der Waals surface area contributed by atoms with E-state index in [1.165, 1.54) is 0 Å². The molecule has 0 bridgehead atoms. The number of anilines is 1. The van der Waals surface area contributed by atoms with Crippen molar-refractivity contribution in [2.45, 2.75) is 39.7 Å². The van der Waals surface area contributed by atoms with E-state index < -0.39 is 0 Å². The molecule has 31 heavy (non-hydrogen) atoms. The number of benzene rings is 1. The number of carbonyl (C=O) groups is 1. The summed E-state index contributed by atoms with van der Waals surface area (Å²) in [7, 11) is 0. The van der Waals surface area contributed by atoms with E-state index in [0.29, 0.717) is 33.7 Å². The van der Waals surface area contributed by atoms with Crippen molar-refractivity contribution in [1.29, 1.82) is 0 Å². The maximum absolute atomic E-state index is 13.1. The average molecular weight is 416 g/mol. The van der Waals surface area contributed by atoms with Gasteiger partial charge in [-0.25, -0.2) is 19.6 Å². The quantitative estimate of drug-likeness (QED) is 0.494. The Kier molecular flexibility index (Phi) is 5.37. The van der Waals surface area contributed by atoms with Crippen LogP contribution in [0.3, 0.4) is 0 Å². The number of pyridine rings is 1. The lowest BCUT2D eigenvalue weighted by Gasteiger charge is -2.12. The monoisotopic (exact) mass is 416 g/mol. The van der Waals surface area contributed by atoms with E-state index in [1.807, 2.05) is 38.4 Å². The number of hydrogen-bond donors (Lipinski definition) is 2. The largest absolute Gasteiger partial charge is 0.508 e. The highest BCUT2D eigenvalue weighted by Gasteiger charge is 2.19. The summed E-state index contributed by atoms with van der Waals surface area (Å²) < 4.78 is 1.82. The number of rotatable bonds is 5. The van der Waals surface area contributed by atoms with Gasteiger partial charge in [0.2, 0.25) is 0 Å². The zero-order chi connectivity index (χ0) is 22.1. The van der Waals surface area contributed by atoms with Gasteiger partial charge in [0.25, 0.3) is 5.91 Å². The zero-order valence-electron chi connectivity index (χ0n) is 17.9. The third-order valence-corrected chi connectivity index (χ3v) is 4.93. The molecule has 0 aliphatic heterocycles. The number of nitrogens with one attached hydrogen (secondary N) is 1. The van der Waals surface area contributed by atoms with Gasteiger partial charge in [0, 0.05) is 17.3 Å². The second-order valence-corrected chi connectivity index (χ2v) is 7.97. The molecule has 4 rings (SSSR count). The summed E-state index contributed by atoms with van der Waals surface area (Å²) in [5, 5.41) is 17.6. The van der Waals surface area contributed by atoms with Crippen LogP contribution in [0.15, 0.2) is 48.9 Å². The minimum Gasteiger partial charge on any atom is -0.508 e. The summed E-state index contributed by atoms with van der Waals surface area (Å²) >= 11 is 0. The van der Waals surface area contributed by atoms with Gasteiger partial charge in [-0.1, -0.05) is 26.0 Å². The van der Waals surface area contributed by atoms with E-state index in [9.17, 15) is 9.90 Å². The summed E-state index contributed by atoms with van der Waals surface area (Å²) in [5.41, 5.74) is 3.20. The molecule has 0 fully saturated rings. The predicted molar refractivity (Wildman–Crippen MR) is 119 cm³/mol. The number of aromatic nitrogens is 5. The fraction of sp³-hybridized carbons (Fsp3) is 0.261. The first-order valence-electron chi connectivity index (χ1n) is 10.1. The minimum absolute atomic E-state index is 0.127. The van der Waals surface area contributed by atoms with Gasteiger partial charge in [0.05, 0.1) is 35.2 Å². The van der Waals surface area contributed by atoms with Crippen LogP contribution in [-0.2, 0) is 0 Å². The first-order chi connectivity index (χ1) is 14.8. The zero-order valence-corrected chi connectivity index (χ0v) is 17.9. The number of fused-ring (bicyclic) bond motifs is 1. The number of carbonyl (C=O) groups excluding carboxylic acids is 1. The first kappa shape index (κ1) is 20.5. The van der Waals surface area contributed by atoms with Crippen LogP contribution in [0.1, 0.15) is 55.7 Å². The molecular weight excluding hydrogens is 392 g/mol. The molecule has 158 valence electrons. The van der Waals surface area contributed by atoms with Crippen molar-refractivity contribution in [3.8, 4) is 17.1 Å². The number of aromatic hydroxyl groups is 1. The predicted octanol–water partition coefficient (Wildman–Crippen LogP) is 4.55. The fourth-order valence-electron chi connectivity index (χ4n) is 3.28. The Balaban J connectivity index is 1.65. The molecule has 3 aromatic heterocycles. The number of phenolic OH excluding ortho intramolecular Hbond substituents is 1. The Morgan fingerprint density at radius 3 is 2.45 bits per heavy atom. The number of hydrogen-bond acceptors (Lipinski definition) is 6. The van der Waals surface area contributed by atoms with Gasteiger partial charge in [0.15, 0.2) is 11.5 Å². The highest BCUT2D eigenvalue weighted by atomic mass is 16.3. The van der Waals surface area contributed by atoms with Crippen LogP contribution < -0.4 is 5.32 Å². The van der Waals surface area contributed by atoms with Crippen LogP contribution in [-0.4, -0.2) is 35.7 Å². The van der Waals surface area contributed by atoms with E-state index in [4.69, 9.17) is 4.98 Å². The fourth-order valence-corrected chi connectivity index (χ4v) is 3.28. The van der Waals surface area contributed by atoms with Crippen molar-refractivity contribution < 1.29 is 9.90 Å². The topological polar surface area (TPSA) is 106 Å². The molecule has 0 unspecified atom stereocenters. The van der Waals surface area contributed by atoms with E-state index in [2.05, 4.69) is 20.4 Å². The summed E-state index contributed by atoms with van der Waals surface area (Å²) in [6.45, 7) is 8.14. The van der Waals surface area contributed by atoms with Gasteiger partial charge in [-0.3, -0.25) is 4.79 Å². The maximum Gasteiger partial charge on any atom is 0.256 e. The van der Waals surface area contributed by atoms with Gasteiger partial charge in [0.1, 0.15) is 5.75 Å². The molecule has 0 radical (unpaired) electrons. The highest BCUT2D eigenvalue weighted by molar-refractivity contribution is 6.12. The third-order valence-electron chi connectivity index (χ3n) is 4.93. The van der Waals surface area contributed by atoms with Crippen LogP contribution in [0.4, 0.5) is 5.69 Å². The van der Waals surface area contributed by atoms with Crippen molar-refractivity contribution in [2.75, 3.05) is 5.32 Å². The summed E-state index contributed by atoms with van der Waals surface area (Å²) in [4.78, 5) is 26.5. The standard InChI is InChI=1S/C23H24N6O2/c1-13(2)20-9-18(19-12-26-29(14(3)4)22(19)28-20)23(31)27-16-10-24-21(25-11-16)15-6-5-7-17(30)8-15/h5-14,30H,1-4H3,(H,27,31). The Morgan fingerprint density at radius 1 is 1.06 bits per heavy atom. The molecule has 2 N–H and O–H groups in total. The molecule has 1 amide bonds. The lowest BCUT2D eigenvalue weighted by molar-refractivity contribution is 0.102. The summed E-state index contributed by atoms with van der Waals surface area (Å²) in [6.07, 6.45) is 4.77. The Hall–Kier alpha value is -3.81. The molecule has 8 heteroatoms. The lowest BCUT2D eigenvalue weighted by Crippen LogP contribution is -2.14. The van der Waals surface area contributed by atoms with Gasteiger partial charge in [-0.15, -0.1) is 0 Å². The molecule has 0 saturated carbocycles. The van der Waals surface area contributed by atoms with Crippen LogP contribution in [0, 0.1) is 0 Å². The second kappa shape index (κ2) is 8.14. The van der Waals surface area contributed by atoms with Crippen LogP contribution in [0.25, 0.3) is 22.4 Å². The molecule has 0 aliphatic carbocycles. The molecule has 0 atom stereocenters. The summed E-state index contributed by atoms with van der Waals surface area (Å²) in [6, 6.07) is 8.64. The number of nitrogens with zero attached hydrogens (tertiary/aromatic N) is 5. The van der Waals surface area contributed by atoms with Crippen molar-refractivity contribution >= 4 is 22.6 Å². The first-order valence-corrected chi connectivity index (χ1v) is 10.1. The molecular formula is C23H24N6O2. The van der Waals surface area contributed by atoms with Gasteiger partial charge in [-0.2, -0.15) is 5.10 Å². The van der Waals surface area contributed by atoms with Crippen molar-refractivity contribution in [2.24, 2.45) is 0 Å². The molecule has 8 nitrogen and oxygen atoms in total. The van der Waals surface area contributed by atoms with E-state index in [0.717, 1.165) is 5.69 Å². The van der Waals surface area contributed by atoms with Crippen molar-refractivity contribution in [3.63, 3.8) is 0 Å². The van der Waals surface area contributed by atoms with Crippen molar-refractivity contribution in [1.82, 2.24) is 24.7 Å². The Bertz CT molecular complexity index is 1240. The smallest absolute Gasteiger partial charge is 0.256 e. The third kappa shape index (κ3) is 4.09. The van der Waals surface area contributed by atoms with E-state index in [-0.39, 0.29) is 23.6 Å². The normalized spacial score (nSPS) is 11.4. The van der Waals surface area contributed by atoms with Crippen LogP contribution >= 0.6 is 0 Å². The van der Waals surface area contributed by atoms with Crippen LogP contribution in [0.5, 0.6) is 5.75 Å². The average Bonchev–Trinajstić information content (AvgIpc) is 3.18. The molecule has 0 saturated heterocycles. The van der Waals surface area contributed by atoms with Crippen LogP contribution in [0.2, 0.25) is 0 Å². The second-order valence-electron chi connectivity index (χ2n) is 7.97. The molecule has 0 spiro atoms. The summed E-state index contributed by atoms with van der Waals surface area (Å²) in [5.74, 6) is 0.492. The van der Waals surface area contributed by atoms with E-state index in [1.54, 1.807) is 42.9 Å². The van der Waals surface area contributed by atoms with Gasteiger partial charge in [-0.05, 0) is 38.0 Å². The van der Waals surface area contributed by atoms with Crippen molar-refractivity contribution in [3.05, 3.63) is 60.2 Å². The SMILES string of the molecule is CC(C)c1cc(C(=O)Nc2cnc(-c3cccc(O)c3)nc2)c2cnn(C(C)C)c2n1. The van der Waals surface area contributed by atoms with Gasteiger partial charge >= 0.3 is 0 Å². The molecule has 0 aliphatic rings. The minimum atomic E-state index is -0.272. The number of phenols is 1. The lowest BCUT2D eigenvalue weighted by atomic mass is 10.0. The molecule has 1 aromatic carbocycles.